The zero-order valence-corrected chi connectivity index (χ0v) is 14.1. The molecule has 2 aromatic rings. The molecule has 1 aliphatic heterocycles. The number of amides is 2. The van der Waals surface area contributed by atoms with Gasteiger partial charge in [0.05, 0.1) is 12.0 Å². The molecule has 1 heterocycles. The summed E-state index contributed by atoms with van der Waals surface area (Å²) >= 11 is 0. The summed E-state index contributed by atoms with van der Waals surface area (Å²) in [7, 11) is 1.74. The summed E-state index contributed by atoms with van der Waals surface area (Å²) in [4.78, 5) is 26.4. The number of benzene rings is 2. The molecule has 3 rings (SSSR count). The van der Waals surface area contributed by atoms with E-state index >= 15 is 0 Å². The normalized spacial score (nSPS) is 19.9. The van der Waals surface area contributed by atoms with E-state index in [0.717, 1.165) is 11.1 Å². The van der Waals surface area contributed by atoms with Gasteiger partial charge in [-0.3, -0.25) is 9.59 Å². The van der Waals surface area contributed by atoms with Gasteiger partial charge in [0, 0.05) is 20.0 Å². The Bertz CT molecular complexity index is 746. The lowest BCUT2D eigenvalue weighted by Gasteiger charge is -2.24. The van der Waals surface area contributed by atoms with Crippen LogP contribution in [0.5, 0.6) is 0 Å². The third-order valence-corrected chi connectivity index (χ3v) is 4.69. The molecule has 4 nitrogen and oxygen atoms in total. The van der Waals surface area contributed by atoms with Gasteiger partial charge >= 0.3 is 0 Å². The van der Waals surface area contributed by atoms with Crippen molar-refractivity contribution in [2.45, 2.75) is 18.9 Å². The van der Waals surface area contributed by atoms with Gasteiger partial charge in [-0.05, 0) is 29.7 Å². The minimum Gasteiger partial charge on any atom is -0.355 e. The van der Waals surface area contributed by atoms with Crippen LogP contribution < -0.4 is 5.32 Å². The van der Waals surface area contributed by atoms with Crippen molar-refractivity contribution in [2.75, 3.05) is 13.6 Å². The minimum atomic E-state index is -0.395. The van der Waals surface area contributed by atoms with Gasteiger partial charge in [-0.25, -0.2) is 4.39 Å². The lowest BCUT2D eigenvalue weighted by Crippen LogP contribution is -2.35. The van der Waals surface area contributed by atoms with Gasteiger partial charge in [-0.1, -0.05) is 42.5 Å². The summed E-state index contributed by atoms with van der Waals surface area (Å²) in [6.45, 7) is 0.459. The Morgan fingerprint density at radius 2 is 1.84 bits per heavy atom. The maximum absolute atomic E-state index is 12.9. The number of halogens is 1. The third kappa shape index (κ3) is 3.87. The molecule has 1 fully saturated rings. The number of carbonyl (C=O) groups is 2. The highest BCUT2D eigenvalue weighted by Crippen LogP contribution is 2.36. The maximum atomic E-state index is 12.9. The monoisotopic (exact) mass is 340 g/mol. The average molecular weight is 340 g/mol. The van der Waals surface area contributed by atoms with Crippen LogP contribution in [0.3, 0.4) is 0 Å². The Morgan fingerprint density at radius 3 is 2.52 bits per heavy atom. The molecule has 1 aliphatic rings. The molecule has 0 unspecified atom stereocenters. The van der Waals surface area contributed by atoms with Gasteiger partial charge in [0.1, 0.15) is 5.82 Å². The van der Waals surface area contributed by atoms with E-state index in [1.807, 2.05) is 30.3 Å². The van der Waals surface area contributed by atoms with Crippen LogP contribution in [-0.2, 0) is 16.0 Å². The second-order valence-corrected chi connectivity index (χ2v) is 6.34. The number of nitrogens with one attached hydrogen (secondary N) is 1. The van der Waals surface area contributed by atoms with Crippen molar-refractivity contribution in [3.63, 3.8) is 0 Å². The standard InChI is InChI=1S/C20H21FN2O2/c1-23-18(24)13-17(19(23)15-5-3-2-4-6-15)20(25)22-12-11-14-7-9-16(21)10-8-14/h2-10,17,19H,11-13H2,1H3,(H,22,25)/t17-,19-/m1/s1. The van der Waals surface area contributed by atoms with E-state index in [1.165, 1.54) is 12.1 Å². The van der Waals surface area contributed by atoms with E-state index < -0.39 is 5.92 Å². The SMILES string of the molecule is CN1C(=O)C[C@@H](C(=O)NCCc2ccc(F)cc2)[C@H]1c1ccccc1. The minimum absolute atomic E-state index is 0.0208. The predicted molar refractivity (Wildman–Crippen MR) is 93.2 cm³/mol. The van der Waals surface area contributed by atoms with Gasteiger partial charge in [-0.15, -0.1) is 0 Å². The smallest absolute Gasteiger partial charge is 0.226 e. The van der Waals surface area contributed by atoms with Crippen molar-refractivity contribution >= 4 is 11.8 Å². The van der Waals surface area contributed by atoms with Gasteiger partial charge in [0.15, 0.2) is 0 Å². The van der Waals surface area contributed by atoms with Crippen molar-refractivity contribution in [3.8, 4) is 0 Å². The van der Waals surface area contributed by atoms with Crippen LogP contribution in [0.15, 0.2) is 54.6 Å². The topological polar surface area (TPSA) is 49.4 Å². The highest BCUT2D eigenvalue weighted by Gasteiger charge is 2.42. The Labute approximate surface area is 146 Å². The molecule has 25 heavy (non-hydrogen) atoms. The molecule has 0 radical (unpaired) electrons. The highest BCUT2D eigenvalue weighted by molar-refractivity contribution is 5.90. The molecule has 0 aliphatic carbocycles. The molecule has 5 heteroatoms. The van der Waals surface area contributed by atoms with Crippen molar-refractivity contribution in [1.82, 2.24) is 10.2 Å². The zero-order chi connectivity index (χ0) is 17.8. The second-order valence-electron chi connectivity index (χ2n) is 6.34. The molecule has 2 aromatic carbocycles. The number of hydrogen-bond acceptors (Lipinski definition) is 2. The summed E-state index contributed by atoms with van der Waals surface area (Å²) in [5, 5.41) is 2.92. The molecule has 0 spiro atoms. The number of nitrogens with zero attached hydrogens (tertiary/aromatic N) is 1. The predicted octanol–water partition coefficient (Wildman–Crippen LogP) is 2.70. The molecule has 0 saturated carbocycles. The summed E-state index contributed by atoms with van der Waals surface area (Å²) in [6.07, 6.45) is 0.844. The van der Waals surface area contributed by atoms with Gasteiger partial charge in [0.2, 0.25) is 11.8 Å². The van der Waals surface area contributed by atoms with E-state index in [0.29, 0.717) is 13.0 Å². The van der Waals surface area contributed by atoms with Crippen LogP contribution in [0, 0.1) is 11.7 Å². The van der Waals surface area contributed by atoms with Gasteiger partial charge in [-0.2, -0.15) is 0 Å². The first-order valence-corrected chi connectivity index (χ1v) is 8.39. The fraction of sp³-hybridized carbons (Fsp3) is 0.300. The van der Waals surface area contributed by atoms with Crippen LogP contribution >= 0.6 is 0 Å². The van der Waals surface area contributed by atoms with E-state index in [4.69, 9.17) is 0 Å². The van der Waals surface area contributed by atoms with E-state index in [1.54, 1.807) is 24.1 Å². The zero-order valence-electron chi connectivity index (χ0n) is 14.1. The van der Waals surface area contributed by atoms with Crippen LogP contribution in [0.1, 0.15) is 23.6 Å². The first kappa shape index (κ1) is 17.1. The summed E-state index contributed by atoms with van der Waals surface area (Å²) in [6, 6.07) is 15.6. The van der Waals surface area contributed by atoms with Crippen LogP contribution in [0.4, 0.5) is 4.39 Å². The molecule has 1 saturated heterocycles. The number of hydrogen-bond donors (Lipinski definition) is 1. The Kier molecular flexibility index (Phi) is 5.12. The molecule has 2 amide bonds. The number of carbonyl (C=O) groups excluding carboxylic acids is 2. The first-order valence-electron chi connectivity index (χ1n) is 8.39. The summed E-state index contributed by atoms with van der Waals surface area (Å²) in [5.74, 6) is -0.805. The summed E-state index contributed by atoms with van der Waals surface area (Å²) < 4.78 is 12.9. The lowest BCUT2D eigenvalue weighted by molar-refractivity contribution is -0.128. The number of likely N-dealkylation sites (tertiary alicyclic amines) is 1. The maximum Gasteiger partial charge on any atom is 0.226 e. The van der Waals surface area contributed by atoms with E-state index in [-0.39, 0.29) is 30.1 Å². The van der Waals surface area contributed by atoms with Gasteiger partial charge < -0.3 is 10.2 Å². The quantitative estimate of drug-likeness (QED) is 0.910. The van der Waals surface area contributed by atoms with Crippen molar-refractivity contribution < 1.29 is 14.0 Å². The van der Waals surface area contributed by atoms with Crippen molar-refractivity contribution in [3.05, 3.63) is 71.5 Å². The number of rotatable bonds is 5. The van der Waals surface area contributed by atoms with Crippen LogP contribution in [-0.4, -0.2) is 30.3 Å². The molecule has 2 atom stereocenters. The van der Waals surface area contributed by atoms with Gasteiger partial charge in [0.25, 0.3) is 0 Å². The first-order chi connectivity index (χ1) is 12.1. The summed E-state index contributed by atoms with van der Waals surface area (Å²) in [5.41, 5.74) is 1.93. The lowest BCUT2D eigenvalue weighted by atomic mass is 9.93. The fourth-order valence-corrected chi connectivity index (χ4v) is 3.32. The molecule has 0 bridgehead atoms. The highest BCUT2D eigenvalue weighted by atomic mass is 19.1. The molecular formula is C20H21FN2O2. The Morgan fingerprint density at radius 1 is 1.16 bits per heavy atom. The van der Waals surface area contributed by atoms with Crippen LogP contribution in [0.25, 0.3) is 0 Å². The Balaban J connectivity index is 1.63. The molecular weight excluding hydrogens is 319 g/mol. The van der Waals surface area contributed by atoms with E-state index in [9.17, 15) is 14.0 Å². The van der Waals surface area contributed by atoms with E-state index in [2.05, 4.69) is 5.32 Å². The van der Waals surface area contributed by atoms with Crippen LogP contribution in [0.2, 0.25) is 0 Å². The molecule has 0 aromatic heterocycles. The van der Waals surface area contributed by atoms with Crippen molar-refractivity contribution in [1.29, 1.82) is 0 Å². The second kappa shape index (κ2) is 7.47. The molecule has 1 N–H and O–H groups in total. The Hall–Kier alpha value is -2.69. The largest absolute Gasteiger partial charge is 0.355 e. The third-order valence-electron chi connectivity index (χ3n) is 4.69. The average Bonchev–Trinajstić information content (AvgIpc) is 2.92. The van der Waals surface area contributed by atoms with Crippen molar-refractivity contribution in [2.24, 2.45) is 5.92 Å². The molecule has 130 valence electrons. The fourth-order valence-electron chi connectivity index (χ4n) is 3.32.